The van der Waals surface area contributed by atoms with Crippen LogP contribution in [-0.4, -0.2) is 54.6 Å². The minimum atomic E-state index is -1.29. The molecule has 1 rings (SSSR count). The minimum absolute atomic E-state index is 0.630. The van der Waals surface area contributed by atoms with Gasteiger partial charge in [0.15, 0.2) is 12.2 Å². The van der Waals surface area contributed by atoms with Crippen molar-refractivity contribution in [2.75, 3.05) is 0 Å². The summed E-state index contributed by atoms with van der Waals surface area (Å²) < 4.78 is 25.7. The molecule has 0 aliphatic carbocycles. The largest absolute Gasteiger partial charge is 0.456 e. The van der Waals surface area contributed by atoms with Crippen molar-refractivity contribution in [2.45, 2.75) is 65.3 Å². The van der Waals surface area contributed by atoms with Crippen LogP contribution >= 0.6 is 0 Å². The third-order valence-electron chi connectivity index (χ3n) is 2.92. The first-order valence-corrected chi connectivity index (χ1v) is 6.96. The summed E-state index contributed by atoms with van der Waals surface area (Å²) in [6.07, 6.45) is -5.51. The normalized spacial score (nSPS) is 30.0. The highest BCUT2D eigenvalue weighted by Gasteiger charge is 2.51. The lowest BCUT2D eigenvalue weighted by atomic mass is 9.99. The summed E-state index contributed by atoms with van der Waals surface area (Å²) in [5, 5.41) is 0. The lowest BCUT2D eigenvalue weighted by molar-refractivity contribution is -0.292. The molecule has 0 bridgehead atoms. The summed E-state index contributed by atoms with van der Waals surface area (Å²) in [5.74, 6) is -2.69. The van der Waals surface area contributed by atoms with Gasteiger partial charge in [0.1, 0.15) is 0 Å². The smallest absolute Gasteiger partial charge is 0.305 e. The fourth-order valence-corrected chi connectivity index (χ4v) is 2.23. The quantitative estimate of drug-likeness (QED) is 0.521. The van der Waals surface area contributed by atoms with Crippen molar-refractivity contribution in [3.63, 3.8) is 0 Å². The Balaban J connectivity index is 3.15. The lowest BCUT2D eigenvalue weighted by Gasteiger charge is -2.42. The van der Waals surface area contributed by atoms with E-state index in [0.29, 0.717) is 0 Å². The minimum Gasteiger partial charge on any atom is -0.456 e. The molecular formula is C14H20O9. The van der Waals surface area contributed by atoms with Crippen LogP contribution in [0.1, 0.15) is 34.6 Å². The molecule has 130 valence electrons. The lowest BCUT2D eigenvalue weighted by Crippen LogP contribution is -2.61. The van der Waals surface area contributed by atoms with Crippen LogP contribution in [0.5, 0.6) is 0 Å². The van der Waals surface area contributed by atoms with E-state index in [9.17, 15) is 19.2 Å². The maximum atomic E-state index is 11.4. The molecule has 0 N–H and O–H groups in total. The van der Waals surface area contributed by atoms with Gasteiger partial charge in [0.2, 0.25) is 12.4 Å². The monoisotopic (exact) mass is 332 g/mol. The van der Waals surface area contributed by atoms with E-state index in [-0.39, 0.29) is 0 Å². The summed E-state index contributed by atoms with van der Waals surface area (Å²) in [5.41, 5.74) is 0. The van der Waals surface area contributed by atoms with Crippen molar-refractivity contribution in [1.29, 1.82) is 0 Å². The average molecular weight is 332 g/mol. The summed E-state index contributed by atoms with van der Waals surface area (Å²) in [6, 6.07) is 0. The molecule has 1 heterocycles. The molecule has 0 saturated carbocycles. The Morgan fingerprint density at radius 3 is 1.48 bits per heavy atom. The average Bonchev–Trinajstić information content (AvgIpc) is 2.36. The van der Waals surface area contributed by atoms with Gasteiger partial charge in [-0.2, -0.15) is 0 Å². The molecule has 1 saturated heterocycles. The van der Waals surface area contributed by atoms with Gasteiger partial charge in [-0.15, -0.1) is 0 Å². The highest BCUT2D eigenvalue weighted by Crippen LogP contribution is 2.29. The molecule has 5 atom stereocenters. The summed E-state index contributed by atoms with van der Waals surface area (Å²) in [4.78, 5) is 45.1. The van der Waals surface area contributed by atoms with Crippen LogP contribution in [0.2, 0.25) is 0 Å². The topological polar surface area (TPSA) is 114 Å². The molecule has 1 aliphatic rings. The number of hydrogen-bond acceptors (Lipinski definition) is 9. The second-order valence-electron chi connectivity index (χ2n) is 5.04. The van der Waals surface area contributed by atoms with Gasteiger partial charge in [-0.3, -0.25) is 19.2 Å². The molecule has 0 aromatic heterocycles. The standard InChI is InChI=1S/C14H20O9/c1-6-11(20-7(2)15)12(21-8(3)16)13(22-9(4)17)14(19-6)23-10(5)18/h6,11-14H,1-5H3/t6?,11-,12?,13?,14?/m1/s1. The zero-order chi connectivity index (χ0) is 17.7. The Morgan fingerprint density at radius 2 is 1.04 bits per heavy atom. The molecule has 0 spiro atoms. The maximum Gasteiger partial charge on any atom is 0.305 e. The summed E-state index contributed by atoms with van der Waals surface area (Å²) in [7, 11) is 0. The van der Waals surface area contributed by atoms with Crippen molar-refractivity contribution in [3.8, 4) is 0 Å². The Hall–Kier alpha value is -2.16. The van der Waals surface area contributed by atoms with E-state index in [1.54, 1.807) is 6.92 Å². The fourth-order valence-electron chi connectivity index (χ4n) is 2.23. The third kappa shape index (κ3) is 5.51. The van der Waals surface area contributed by atoms with Crippen molar-refractivity contribution in [3.05, 3.63) is 0 Å². The SMILES string of the molecule is CC(=O)OC1OC(C)[C@@H](OC(C)=O)C(OC(C)=O)C1OC(C)=O. The van der Waals surface area contributed by atoms with Crippen LogP contribution in [0.4, 0.5) is 0 Å². The van der Waals surface area contributed by atoms with Crippen LogP contribution in [0.3, 0.4) is 0 Å². The molecule has 0 aromatic rings. The first kappa shape index (κ1) is 18.9. The van der Waals surface area contributed by atoms with Gasteiger partial charge in [-0.25, -0.2) is 0 Å². The number of ether oxygens (including phenoxy) is 5. The second kappa shape index (κ2) is 7.91. The molecule has 0 amide bonds. The van der Waals surface area contributed by atoms with Gasteiger partial charge in [-0.05, 0) is 6.92 Å². The first-order valence-electron chi connectivity index (χ1n) is 6.96. The summed E-state index contributed by atoms with van der Waals surface area (Å²) >= 11 is 0. The predicted molar refractivity (Wildman–Crippen MR) is 72.8 cm³/mol. The van der Waals surface area contributed by atoms with Crippen LogP contribution < -0.4 is 0 Å². The van der Waals surface area contributed by atoms with Crippen LogP contribution in [0, 0.1) is 0 Å². The molecule has 1 aliphatic heterocycles. The summed E-state index contributed by atoms with van der Waals surface area (Å²) in [6.45, 7) is 6.16. The number of carbonyl (C=O) groups excluding carboxylic acids is 4. The van der Waals surface area contributed by atoms with Crippen molar-refractivity contribution in [1.82, 2.24) is 0 Å². The maximum absolute atomic E-state index is 11.4. The van der Waals surface area contributed by atoms with Gasteiger partial charge in [0.25, 0.3) is 0 Å². The van der Waals surface area contributed by atoms with Gasteiger partial charge in [0, 0.05) is 27.7 Å². The molecule has 1 fully saturated rings. The van der Waals surface area contributed by atoms with E-state index in [1.165, 1.54) is 6.92 Å². The molecule has 4 unspecified atom stereocenters. The zero-order valence-corrected chi connectivity index (χ0v) is 13.6. The van der Waals surface area contributed by atoms with Crippen LogP contribution in [-0.2, 0) is 42.9 Å². The fraction of sp³-hybridized carbons (Fsp3) is 0.714. The van der Waals surface area contributed by atoms with E-state index in [4.69, 9.17) is 23.7 Å². The van der Waals surface area contributed by atoms with E-state index in [0.717, 1.165) is 20.8 Å². The number of esters is 4. The molecule has 0 radical (unpaired) electrons. The Labute approximate surface area is 133 Å². The van der Waals surface area contributed by atoms with Crippen molar-refractivity contribution >= 4 is 23.9 Å². The van der Waals surface area contributed by atoms with E-state index in [1.807, 2.05) is 0 Å². The van der Waals surface area contributed by atoms with E-state index < -0.39 is 54.6 Å². The molecule has 0 aromatic carbocycles. The van der Waals surface area contributed by atoms with Crippen LogP contribution in [0.15, 0.2) is 0 Å². The zero-order valence-electron chi connectivity index (χ0n) is 13.6. The van der Waals surface area contributed by atoms with E-state index >= 15 is 0 Å². The Morgan fingerprint density at radius 1 is 0.652 bits per heavy atom. The van der Waals surface area contributed by atoms with Crippen LogP contribution in [0.25, 0.3) is 0 Å². The highest BCUT2D eigenvalue weighted by molar-refractivity contribution is 5.69. The molecule has 9 heteroatoms. The van der Waals surface area contributed by atoms with Gasteiger partial charge >= 0.3 is 23.9 Å². The van der Waals surface area contributed by atoms with Gasteiger partial charge in [-0.1, -0.05) is 0 Å². The second-order valence-corrected chi connectivity index (χ2v) is 5.04. The number of rotatable bonds is 4. The third-order valence-corrected chi connectivity index (χ3v) is 2.92. The van der Waals surface area contributed by atoms with E-state index in [2.05, 4.69) is 0 Å². The van der Waals surface area contributed by atoms with Crippen molar-refractivity contribution < 1.29 is 42.9 Å². The predicted octanol–water partition coefficient (Wildman–Crippen LogP) is 0.0894. The first-order chi connectivity index (χ1) is 10.6. The Kier molecular flexibility index (Phi) is 6.49. The molecule has 9 nitrogen and oxygen atoms in total. The van der Waals surface area contributed by atoms with Gasteiger partial charge < -0.3 is 23.7 Å². The van der Waals surface area contributed by atoms with Gasteiger partial charge in [0.05, 0.1) is 6.10 Å². The number of carbonyl (C=O) groups is 4. The highest BCUT2D eigenvalue weighted by atomic mass is 16.7. The molecule has 23 heavy (non-hydrogen) atoms. The Bertz CT molecular complexity index is 487. The van der Waals surface area contributed by atoms with Crippen molar-refractivity contribution in [2.24, 2.45) is 0 Å². The molecular weight excluding hydrogens is 312 g/mol. The number of hydrogen-bond donors (Lipinski definition) is 0.